The van der Waals surface area contributed by atoms with E-state index in [1.54, 1.807) is 38.4 Å². The molecule has 1 heterocycles. The molecule has 8 nitrogen and oxygen atoms in total. The van der Waals surface area contributed by atoms with Crippen molar-refractivity contribution in [2.75, 3.05) is 20.3 Å². The van der Waals surface area contributed by atoms with Crippen molar-refractivity contribution in [1.82, 2.24) is 5.32 Å². The van der Waals surface area contributed by atoms with Gasteiger partial charge in [0, 0.05) is 7.05 Å². The van der Waals surface area contributed by atoms with Crippen LogP contribution in [0.15, 0.2) is 39.4 Å². The number of halogens is 1. The van der Waals surface area contributed by atoms with E-state index < -0.39 is 31.6 Å². The number of aliphatic hydroxyl groups excluding tert-OH is 1. The third kappa shape index (κ3) is 4.74. The molecule has 0 saturated heterocycles. The molecule has 2 aromatic rings. The van der Waals surface area contributed by atoms with Crippen LogP contribution in [0.5, 0.6) is 5.75 Å². The molecule has 1 aromatic carbocycles. The number of nitrogens with two attached hydrogens (primary N) is 1. The molecule has 1 unspecified atom stereocenters. The van der Waals surface area contributed by atoms with Crippen LogP contribution in [0.4, 0.5) is 0 Å². The zero-order valence-corrected chi connectivity index (χ0v) is 16.6. The van der Waals surface area contributed by atoms with Crippen LogP contribution in [0.2, 0.25) is 0 Å². The van der Waals surface area contributed by atoms with E-state index in [2.05, 4.69) is 10.3 Å². The van der Waals surface area contributed by atoms with E-state index in [1.807, 2.05) is 0 Å². The minimum absolute atomic E-state index is 0.235. The monoisotopic (exact) mass is 474 g/mol. The normalized spacial score (nSPS) is 13.5. The Morgan fingerprint density at radius 1 is 1.54 bits per heavy atom. The van der Waals surface area contributed by atoms with Crippen LogP contribution in [0, 0.1) is 6.92 Å². The van der Waals surface area contributed by atoms with Gasteiger partial charge in [-0.05, 0) is 0 Å². The molecule has 26 heavy (non-hydrogen) atoms. The van der Waals surface area contributed by atoms with Crippen LogP contribution in [-0.4, -0.2) is 45.0 Å². The van der Waals surface area contributed by atoms with Crippen molar-refractivity contribution in [2.45, 2.75) is 11.0 Å². The van der Waals surface area contributed by atoms with Crippen LogP contribution >= 0.6 is 0 Å². The molecule has 1 atom stereocenters. The number of aliphatic hydroxyl groups is 1. The Labute approximate surface area is 161 Å². The van der Waals surface area contributed by atoms with Crippen LogP contribution < -0.4 is 37.4 Å². The van der Waals surface area contributed by atoms with Gasteiger partial charge >= 0.3 is 154 Å². The van der Waals surface area contributed by atoms with Gasteiger partial charge in [0.2, 0.25) is 0 Å². The van der Waals surface area contributed by atoms with Gasteiger partial charge in [-0.15, -0.1) is 0 Å². The van der Waals surface area contributed by atoms with Gasteiger partial charge in [-0.1, -0.05) is 0 Å². The van der Waals surface area contributed by atoms with Gasteiger partial charge in [0.25, 0.3) is 0 Å². The summed E-state index contributed by atoms with van der Waals surface area (Å²) < 4.78 is 19.9. The minimum atomic E-state index is -1.32. The van der Waals surface area contributed by atoms with E-state index in [1.165, 1.54) is 6.20 Å². The Morgan fingerprint density at radius 2 is 2.31 bits per heavy atom. The number of aliphatic imine (C=N–C) groups is 1. The number of nitrogens with one attached hydrogen (secondary N) is 1. The summed E-state index contributed by atoms with van der Waals surface area (Å²) in [6, 6.07) is 5.16. The molecular weight excluding hydrogens is 453 g/mol. The first-order valence-electron chi connectivity index (χ1n) is 7.71. The quantitative estimate of drug-likeness (QED) is 0.148. The number of benzene rings is 1. The number of carbonyl (C=O) groups excluding carboxylic acids is 1. The van der Waals surface area contributed by atoms with Gasteiger partial charge in [-0.25, -0.2) is 0 Å². The molecule has 0 aliphatic rings. The number of hydrogen-bond acceptors (Lipinski definition) is 7. The number of fused-ring (bicyclic) bond motifs is 1. The van der Waals surface area contributed by atoms with Crippen molar-refractivity contribution in [1.29, 1.82) is 0 Å². The third-order valence-corrected chi connectivity index (χ3v) is 4.92. The fraction of sp³-hybridized carbons (Fsp3) is 0.294. The van der Waals surface area contributed by atoms with Crippen LogP contribution in [0.25, 0.3) is 11.0 Å². The standard InChI is InChI=1S/C17H21IN3O5/c1-10-16(17(23)21-15(8-22)18-24)13-5-12(3-4-14(13)26-10)25-9-11(6-19)7-20-2/h3-7,15,22,24H,8-9,19H2,1-2H3,(H,21,23)/q-1/b11-6+,20-7?. The number of ether oxygens (including phenoxy) is 1. The molecule has 0 fully saturated rings. The number of carbonyl (C=O) groups is 1. The van der Waals surface area contributed by atoms with Crippen molar-refractivity contribution in [3.63, 3.8) is 0 Å². The predicted molar refractivity (Wildman–Crippen MR) is 93.7 cm³/mol. The molecule has 0 aliphatic heterocycles. The molecule has 9 heteroatoms. The summed E-state index contributed by atoms with van der Waals surface area (Å²) in [5.74, 6) is 0.583. The van der Waals surface area contributed by atoms with Gasteiger partial charge in [-0.2, -0.15) is 0 Å². The second-order valence-electron chi connectivity index (χ2n) is 5.33. The first-order valence-corrected chi connectivity index (χ1v) is 9.92. The molecular formula is C17H21IN3O5-. The maximum atomic E-state index is 12.5. The second-order valence-corrected chi connectivity index (χ2v) is 7.39. The van der Waals surface area contributed by atoms with Crippen LogP contribution in [0.1, 0.15) is 16.1 Å². The van der Waals surface area contributed by atoms with E-state index in [0.29, 0.717) is 33.6 Å². The Morgan fingerprint density at radius 3 is 2.92 bits per heavy atom. The third-order valence-electron chi connectivity index (χ3n) is 3.54. The Kier molecular flexibility index (Phi) is 7.42. The zero-order valence-electron chi connectivity index (χ0n) is 14.4. The summed E-state index contributed by atoms with van der Waals surface area (Å²) in [6.07, 6.45) is 3.02. The summed E-state index contributed by atoms with van der Waals surface area (Å²) in [4.78, 5) is 16.4. The Hall–Kier alpha value is -2.11. The van der Waals surface area contributed by atoms with Gasteiger partial charge in [0.1, 0.15) is 0 Å². The topological polar surface area (TPSA) is 130 Å². The molecule has 142 valence electrons. The first-order chi connectivity index (χ1) is 12.5. The van der Waals surface area contributed by atoms with Crippen molar-refractivity contribution < 1.29 is 44.1 Å². The first kappa shape index (κ1) is 20.2. The summed E-state index contributed by atoms with van der Waals surface area (Å²) in [5, 5.41) is 12.4. The number of amides is 1. The summed E-state index contributed by atoms with van der Waals surface area (Å²) >= 11 is -1.32. The number of hydrogen-bond donors (Lipinski definition) is 4. The molecule has 0 bridgehead atoms. The average Bonchev–Trinajstić information content (AvgIpc) is 2.98. The number of aryl methyl sites for hydroxylation is 1. The maximum absolute atomic E-state index is 12.5. The van der Waals surface area contributed by atoms with E-state index in [0.717, 1.165) is 0 Å². The van der Waals surface area contributed by atoms with Gasteiger partial charge in [0.15, 0.2) is 0 Å². The molecule has 0 aliphatic carbocycles. The van der Waals surface area contributed by atoms with E-state index >= 15 is 0 Å². The summed E-state index contributed by atoms with van der Waals surface area (Å²) in [6.45, 7) is 1.61. The summed E-state index contributed by atoms with van der Waals surface area (Å²) in [5.41, 5.74) is 7.13. The Bertz CT molecular complexity index is 827. The predicted octanol–water partition coefficient (Wildman–Crippen LogP) is -2.29. The molecule has 0 radical (unpaired) electrons. The average molecular weight is 474 g/mol. The molecule has 1 amide bonds. The molecule has 1 aromatic heterocycles. The van der Waals surface area contributed by atoms with Gasteiger partial charge < -0.3 is 0 Å². The molecule has 2 rings (SSSR count). The SMILES string of the molecule is CN=C/C(=C\N)COc1ccc2oc(C)c(C(=O)NC(CO)[I-]O)c2c1. The number of rotatable bonds is 8. The van der Waals surface area contributed by atoms with Crippen molar-refractivity contribution in [2.24, 2.45) is 10.7 Å². The number of alkyl halides is 1. The van der Waals surface area contributed by atoms with E-state index in [4.69, 9.17) is 14.9 Å². The fourth-order valence-corrected chi connectivity index (χ4v) is 2.95. The molecule has 5 N–H and O–H groups in total. The summed E-state index contributed by atoms with van der Waals surface area (Å²) in [7, 11) is 1.64. The second kappa shape index (κ2) is 9.55. The molecule has 0 spiro atoms. The fourth-order valence-electron chi connectivity index (χ4n) is 2.35. The van der Waals surface area contributed by atoms with E-state index in [9.17, 15) is 13.3 Å². The van der Waals surface area contributed by atoms with Crippen molar-refractivity contribution in [3.05, 3.63) is 41.3 Å². The number of nitrogens with zero attached hydrogens (tertiary/aromatic N) is 1. The van der Waals surface area contributed by atoms with Crippen LogP contribution in [-0.2, 0) is 0 Å². The number of furan rings is 1. The van der Waals surface area contributed by atoms with Gasteiger partial charge in [0.05, 0.1) is 0 Å². The zero-order chi connectivity index (χ0) is 19.1. The van der Waals surface area contributed by atoms with Crippen LogP contribution in [0.3, 0.4) is 0 Å². The molecule has 0 saturated carbocycles. The van der Waals surface area contributed by atoms with Gasteiger partial charge in [-0.3, -0.25) is 0 Å². The van der Waals surface area contributed by atoms with Crippen molar-refractivity contribution in [3.8, 4) is 5.75 Å². The van der Waals surface area contributed by atoms with E-state index in [-0.39, 0.29) is 13.2 Å². The Balaban J connectivity index is 2.28. The van der Waals surface area contributed by atoms with Crippen molar-refractivity contribution >= 4 is 23.1 Å².